The number of nitrogens with zero attached hydrogens (tertiary/aromatic N) is 1. The molecule has 0 spiro atoms. The summed E-state index contributed by atoms with van der Waals surface area (Å²) in [5, 5.41) is 4.39. The Bertz CT molecular complexity index is 946. The van der Waals surface area contributed by atoms with Gasteiger partial charge in [0.2, 0.25) is 5.91 Å². The summed E-state index contributed by atoms with van der Waals surface area (Å²) in [7, 11) is 5.35. The zero-order chi connectivity index (χ0) is 21.7. The molecule has 8 nitrogen and oxygen atoms in total. The van der Waals surface area contributed by atoms with Crippen LogP contribution in [0.2, 0.25) is 0 Å². The Morgan fingerprint density at radius 3 is 2.43 bits per heavy atom. The molecule has 0 saturated carbocycles. The molecule has 158 valence electrons. The number of methoxy groups -OCH3 is 1. The van der Waals surface area contributed by atoms with Crippen LogP contribution in [0.3, 0.4) is 0 Å². The number of hydrogen-bond acceptors (Lipinski definition) is 7. The van der Waals surface area contributed by atoms with Gasteiger partial charge in [0, 0.05) is 20.2 Å². The number of carbonyl (C=O) groups excluding carboxylic acids is 3. The van der Waals surface area contributed by atoms with E-state index in [0.717, 1.165) is 23.0 Å². The van der Waals surface area contributed by atoms with Gasteiger partial charge < -0.3 is 19.7 Å². The first-order chi connectivity index (χ1) is 14.4. The van der Waals surface area contributed by atoms with Crippen LogP contribution in [0.5, 0.6) is 11.5 Å². The molecule has 1 aliphatic heterocycles. The molecule has 0 aliphatic carbocycles. The molecule has 1 aliphatic rings. The van der Waals surface area contributed by atoms with Gasteiger partial charge in [-0.2, -0.15) is 0 Å². The van der Waals surface area contributed by atoms with Crippen molar-refractivity contribution in [3.63, 3.8) is 0 Å². The Hall–Kier alpha value is -3.20. The highest BCUT2D eigenvalue weighted by molar-refractivity contribution is 8.15. The van der Waals surface area contributed by atoms with E-state index in [-0.39, 0.29) is 23.7 Å². The SMILES string of the molecule is COc1ccc(NC(=O)COc2ccc(CC3SC(=O)NC3=O)cc2)c(N(C)C)c1. The van der Waals surface area contributed by atoms with Crippen molar-refractivity contribution in [3.05, 3.63) is 48.0 Å². The summed E-state index contributed by atoms with van der Waals surface area (Å²) < 4.78 is 10.8. The van der Waals surface area contributed by atoms with Crippen molar-refractivity contribution in [2.75, 3.05) is 38.0 Å². The van der Waals surface area contributed by atoms with Crippen LogP contribution in [0.15, 0.2) is 42.5 Å². The summed E-state index contributed by atoms with van der Waals surface area (Å²) in [6.45, 7) is -0.145. The Kier molecular flexibility index (Phi) is 6.83. The van der Waals surface area contributed by atoms with Gasteiger partial charge in [-0.15, -0.1) is 0 Å². The van der Waals surface area contributed by atoms with Gasteiger partial charge in [0.15, 0.2) is 6.61 Å². The highest BCUT2D eigenvalue weighted by Gasteiger charge is 2.31. The number of thioether (sulfide) groups is 1. The summed E-state index contributed by atoms with van der Waals surface area (Å²) >= 11 is 0.998. The number of nitrogens with one attached hydrogen (secondary N) is 2. The molecule has 0 radical (unpaired) electrons. The van der Waals surface area contributed by atoms with Crippen LogP contribution in [-0.4, -0.2) is 50.1 Å². The van der Waals surface area contributed by atoms with Gasteiger partial charge in [0.1, 0.15) is 11.5 Å². The molecular formula is C21H23N3O5S. The second-order valence-electron chi connectivity index (χ2n) is 6.85. The second kappa shape index (κ2) is 9.53. The number of benzene rings is 2. The standard InChI is InChI=1S/C21H23N3O5S/c1-24(2)17-11-15(28-3)8-9-16(17)22-19(25)12-29-14-6-4-13(5-7-14)10-18-20(26)23-21(27)30-18/h4-9,11,18H,10,12H2,1-3H3,(H,22,25)(H,23,26,27). The number of anilines is 2. The fraction of sp³-hybridized carbons (Fsp3) is 0.286. The van der Waals surface area contributed by atoms with E-state index in [4.69, 9.17) is 9.47 Å². The molecule has 0 aromatic heterocycles. The maximum Gasteiger partial charge on any atom is 0.286 e. The third-order valence-electron chi connectivity index (χ3n) is 4.44. The number of imide groups is 1. The van der Waals surface area contributed by atoms with E-state index < -0.39 is 5.25 Å². The smallest absolute Gasteiger partial charge is 0.286 e. The zero-order valence-electron chi connectivity index (χ0n) is 16.9. The largest absolute Gasteiger partial charge is 0.497 e. The minimum atomic E-state index is -0.412. The molecule has 30 heavy (non-hydrogen) atoms. The van der Waals surface area contributed by atoms with Crippen LogP contribution in [-0.2, 0) is 16.0 Å². The molecule has 1 unspecified atom stereocenters. The average Bonchev–Trinajstić information content (AvgIpc) is 3.04. The highest BCUT2D eigenvalue weighted by Crippen LogP contribution is 2.29. The van der Waals surface area contributed by atoms with Crippen LogP contribution >= 0.6 is 11.8 Å². The molecule has 1 atom stereocenters. The van der Waals surface area contributed by atoms with Gasteiger partial charge in [-0.25, -0.2) is 0 Å². The van der Waals surface area contributed by atoms with Gasteiger partial charge >= 0.3 is 0 Å². The van der Waals surface area contributed by atoms with E-state index in [9.17, 15) is 14.4 Å². The first-order valence-corrected chi connectivity index (χ1v) is 10.1. The monoisotopic (exact) mass is 429 g/mol. The third-order valence-corrected chi connectivity index (χ3v) is 5.42. The summed E-state index contributed by atoms with van der Waals surface area (Å²) in [6.07, 6.45) is 0.452. The first kappa shape index (κ1) is 21.5. The molecule has 1 fully saturated rings. The minimum absolute atomic E-state index is 0.145. The van der Waals surface area contributed by atoms with Gasteiger partial charge in [0.25, 0.3) is 11.1 Å². The molecule has 1 saturated heterocycles. The van der Waals surface area contributed by atoms with Crippen molar-refractivity contribution in [3.8, 4) is 11.5 Å². The lowest BCUT2D eigenvalue weighted by Gasteiger charge is -2.19. The van der Waals surface area contributed by atoms with Crippen molar-refractivity contribution in [2.45, 2.75) is 11.7 Å². The Labute approximate surface area is 178 Å². The van der Waals surface area contributed by atoms with Gasteiger partial charge in [-0.1, -0.05) is 23.9 Å². The van der Waals surface area contributed by atoms with E-state index in [1.807, 2.05) is 37.2 Å². The average molecular weight is 429 g/mol. The maximum atomic E-state index is 12.3. The zero-order valence-corrected chi connectivity index (χ0v) is 17.7. The van der Waals surface area contributed by atoms with E-state index in [2.05, 4.69) is 10.6 Å². The number of hydrogen-bond donors (Lipinski definition) is 2. The van der Waals surface area contributed by atoms with Gasteiger partial charge in [0.05, 0.1) is 23.7 Å². The summed E-state index contributed by atoms with van der Waals surface area (Å²) in [6, 6.07) is 12.5. The Morgan fingerprint density at radius 1 is 1.13 bits per heavy atom. The van der Waals surface area contributed by atoms with Crippen molar-refractivity contribution < 1.29 is 23.9 Å². The Balaban J connectivity index is 1.54. The number of carbonyl (C=O) groups is 3. The van der Waals surface area contributed by atoms with Crippen LogP contribution in [0, 0.1) is 0 Å². The van der Waals surface area contributed by atoms with Gasteiger partial charge in [-0.3, -0.25) is 19.7 Å². The number of rotatable bonds is 8. The predicted octanol–water partition coefficient (Wildman–Crippen LogP) is 2.67. The fourth-order valence-electron chi connectivity index (χ4n) is 2.91. The minimum Gasteiger partial charge on any atom is -0.497 e. The quantitative estimate of drug-likeness (QED) is 0.666. The topological polar surface area (TPSA) is 97.0 Å². The lowest BCUT2D eigenvalue weighted by molar-refractivity contribution is -0.119. The van der Waals surface area contributed by atoms with Crippen LogP contribution in [0.4, 0.5) is 16.2 Å². The first-order valence-electron chi connectivity index (χ1n) is 9.24. The lowest BCUT2D eigenvalue weighted by atomic mass is 10.1. The highest BCUT2D eigenvalue weighted by atomic mass is 32.2. The predicted molar refractivity (Wildman–Crippen MR) is 117 cm³/mol. The van der Waals surface area contributed by atoms with Crippen molar-refractivity contribution in [1.29, 1.82) is 0 Å². The van der Waals surface area contributed by atoms with Crippen molar-refractivity contribution in [1.82, 2.24) is 5.32 Å². The normalized spacial score (nSPS) is 15.5. The van der Waals surface area contributed by atoms with Crippen LogP contribution < -0.4 is 25.0 Å². The second-order valence-corrected chi connectivity index (χ2v) is 8.02. The molecular weight excluding hydrogens is 406 g/mol. The van der Waals surface area contributed by atoms with E-state index >= 15 is 0 Å². The van der Waals surface area contributed by atoms with Crippen LogP contribution in [0.1, 0.15) is 5.56 Å². The molecule has 3 amide bonds. The molecule has 9 heteroatoms. The number of amides is 3. The van der Waals surface area contributed by atoms with Crippen molar-refractivity contribution >= 4 is 40.2 Å². The lowest BCUT2D eigenvalue weighted by Crippen LogP contribution is -2.25. The van der Waals surface area contributed by atoms with E-state index in [0.29, 0.717) is 23.6 Å². The van der Waals surface area contributed by atoms with E-state index in [1.54, 1.807) is 31.4 Å². The molecule has 2 aromatic carbocycles. The maximum absolute atomic E-state index is 12.3. The van der Waals surface area contributed by atoms with Gasteiger partial charge in [-0.05, 0) is 36.2 Å². The van der Waals surface area contributed by atoms with Crippen molar-refractivity contribution in [2.24, 2.45) is 0 Å². The molecule has 2 N–H and O–H groups in total. The van der Waals surface area contributed by atoms with Crippen LogP contribution in [0.25, 0.3) is 0 Å². The van der Waals surface area contributed by atoms with E-state index in [1.165, 1.54) is 0 Å². The molecule has 2 aromatic rings. The third kappa shape index (κ3) is 5.44. The summed E-state index contributed by atoms with van der Waals surface area (Å²) in [4.78, 5) is 37.1. The Morgan fingerprint density at radius 2 is 1.83 bits per heavy atom. The number of ether oxygens (including phenoxy) is 2. The summed E-state index contributed by atoms with van der Waals surface area (Å²) in [5.41, 5.74) is 2.38. The fourth-order valence-corrected chi connectivity index (χ4v) is 3.77. The molecule has 1 heterocycles. The molecule has 3 rings (SSSR count). The molecule has 0 bridgehead atoms. The summed E-state index contributed by atoms with van der Waals surface area (Å²) in [5.74, 6) is 0.685.